The smallest absolute Gasteiger partial charge is 0.307 e. The Kier molecular flexibility index (Phi) is 7.54. The second kappa shape index (κ2) is 10.8. The van der Waals surface area contributed by atoms with Crippen LogP contribution in [0.5, 0.6) is 11.5 Å². The number of aliphatic carboxylic acids is 1. The Labute approximate surface area is 237 Å². The number of hydrogen-bond donors (Lipinski definition) is 1. The molecule has 3 atom stereocenters. The van der Waals surface area contributed by atoms with Crippen LogP contribution in [0, 0.1) is 19.8 Å². The van der Waals surface area contributed by atoms with Crippen LogP contribution in [0.25, 0.3) is 16.7 Å². The van der Waals surface area contributed by atoms with E-state index >= 15 is 0 Å². The molecule has 2 aliphatic carbocycles. The zero-order valence-corrected chi connectivity index (χ0v) is 24.5. The Morgan fingerprint density at radius 3 is 2.30 bits per heavy atom. The monoisotopic (exact) mass is 540 g/mol. The van der Waals surface area contributed by atoms with Crippen LogP contribution in [0.3, 0.4) is 0 Å². The minimum Gasteiger partial charge on any atom is -0.491 e. The van der Waals surface area contributed by atoms with Gasteiger partial charge in [-0.15, -0.1) is 0 Å². The van der Waals surface area contributed by atoms with Crippen molar-refractivity contribution < 1.29 is 24.1 Å². The van der Waals surface area contributed by atoms with Crippen LogP contribution in [-0.2, 0) is 16.0 Å². The molecule has 5 rings (SSSR count). The van der Waals surface area contributed by atoms with Gasteiger partial charge in [0.1, 0.15) is 24.2 Å². The molecule has 1 saturated carbocycles. The highest BCUT2D eigenvalue weighted by atomic mass is 16.5. The van der Waals surface area contributed by atoms with Crippen molar-refractivity contribution >= 4 is 11.5 Å². The van der Waals surface area contributed by atoms with Gasteiger partial charge in [-0.1, -0.05) is 36.4 Å². The summed E-state index contributed by atoms with van der Waals surface area (Å²) in [6.45, 7) is 15.1. The van der Waals surface area contributed by atoms with E-state index in [1.807, 2.05) is 38.1 Å². The number of rotatable bonds is 10. The largest absolute Gasteiger partial charge is 0.491 e. The number of carboxylic acid groups (broad SMARTS) is 1. The number of methoxy groups -OCH3 is 1. The molecule has 1 N–H and O–H groups in total. The molecule has 3 aromatic rings. The molecule has 0 radical (unpaired) electrons. The number of aryl methyl sites for hydroxylation is 2. The van der Waals surface area contributed by atoms with Crippen molar-refractivity contribution in [3.63, 3.8) is 0 Å². The standard InChI is InChI=1S/C35H40O5/c1-20(2)26-12-13-27(32-21(3)16-25(17-22(32)4)39-19-35(5,6)38-7)28-14-15-31(33(26)28)40-24-10-8-23(9-11-24)29-18-30(29)34(36)37/h8-13,16-17,29-31H,1,14-15,18-19H2,2-7H3,(H,36,37). The number of benzene rings is 3. The first-order chi connectivity index (χ1) is 19.0. The Morgan fingerprint density at radius 1 is 1.05 bits per heavy atom. The average Bonchev–Trinajstić information content (AvgIpc) is 3.62. The summed E-state index contributed by atoms with van der Waals surface area (Å²) in [4.78, 5) is 11.3. The molecule has 0 spiro atoms. The van der Waals surface area contributed by atoms with Crippen LogP contribution < -0.4 is 9.47 Å². The number of hydrogen-bond acceptors (Lipinski definition) is 4. The van der Waals surface area contributed by atoms with E-state index in [4.69, 9.17) is 14.2 Å². The highest BCUT2D eigenvalue weighted by Gasteiger charge is 2.44. The van der Waals surface area contributed by atoms with Crippen molar-refractivity contribution in [2.75, 3.05) is 13.7 Å². The first kappa shape index (κ1) is 28.0. The molecule has 3 aromatic carbocycles. The van der Waals surface area contributed by atoms with Crippen LogP contribution in [-0.4, -0.2) is 30.4 Å². The van der Waals surface area contributed by atoms with E-state index in [1.165, 1.54) is 33.4 Å². The summed E-state index contributed by atoms with van der Waals surface area (Å²) < 4.78 is 18.2. The van der Waals surface area contributed by atoms with E-state index in [2.05, 4.69) is 51.6 Å². The molecule has 1 fully saturated rings. The second-order valence-corrected chi connectivity index (χ2v) is 12.0. The SMILES string of the molecule is C=C(C)c1ccc(-c2c(C)cc(OCC(C)(C)OC)cc2C)c2c1C(Oc1ccc(C3CC3C(=O)O)cc1)CC2. The van der Waals surface area contributed by atoms with Crippen molar-refractivity contribution in [3.8, 4) is 22.6 Å². The summed E-state index contributed by atoms with van der Waals surface area (Å²) in [5.74, 6) is 0.809. The summed E-state index contributed by atoms with van der Waals surface area (Å²) in [5.41, 5.74) is 10.3. The summed E-state index contributed by atoms with van der Waals surface area (Å²) in [6.07, 6.45) is 2.46. The zero-order valence-electron chi connectivity index (χ0n) is 24.5. The third-order valence-corrected chi connectivity index (χ3v) is 8.40. The Bertz CT molecular complexity index is 1430. The molecule has 0 heterocycles. The maximum Gasteiger partial charge on any atom is 0.307 e. The predicted octanol–water partition coefficient (Wildman–Crippen LogP) is 8.06. The van der Waals surface area contributed by atoms with Gasteiger partial charge in [0, 0.05) is 12.7 Å². The number of fused-ring (bicyclic) bond motifs is 1. The molecule has 2 aliphatic rings. The number of ether oxygens (including phenoxy) is 3. The molecule has 0 bridgehead atoms. The topological polar surface area (TPSA) is 65.0 Å². The predicted molar refractivity (Wildman–Crippen MR) is 159 cm³/mol. The van der Waals surface area contributed by atoms with Gasteiger partial charge < -0.3 is 19.3 Å². The Balaban J connectivity index is 1.43. The minimum absolute atomic E-state index is 0.0697. The fourth-order valence-corrected chi connectivity index (χ4v) is 5.99. The van der Waals surface area contributed by atoms with Gasteiger partial charge in [0.15, 0.2) is 0 Å². The van der Waals surface area contributed by atoms with Crippen molar-refractivity contribution in [1.82, 2.24) is 0 Å². The van der Waals surface area contributed by atoms with Crippen LogP contribution in [0.1, 0.15) is 79.0 Å². The van der Waals surface area contributed by atoms with Crippen LogP contribution in [0.15, 0.2) is 55.1 Å². The van der Waals surface area contributed by atoms with Gasteiger partial charge >= 0.3 is 5.97 Å². The highest BCUT2D eigenvalue weighted by molar-refractivity contribution is 5.80. The summed E-state index contributed by atoms with van der Waals surface area (Å²) in [7, 11) is 1.70. The second-order valence-electron chi connectivity index (χ2n) is 12.0. The van der Waals surface area contributed by atoms with E-state index in [-0.39, 0.29) is 23.5 Å². The lowest BCUT2D eigenvalue weighted by Crippen LogP contribution is -2.30. The van der Waals surface area contributed by atoms with E-state index < -0.39 is 5.97 Å². The van der Waals surface area contributed by atoms with Gasteiger partial charge in [-0.2, -0.15) is 0 Å². The normalized spacial score (nSPS) is 19.7. The molecule has 5 heteroatoms. The number of carbonyl (C=O) groups is 1. The van der Waals surface area contributed by atoms with Crippen molar-refractivity contribution in [2.24, 2.45) is 5.92 Å². The van der Waals surface area contributed by atoms with E-state index in [9.17, 15) is 9.90 Å². The number of carboxylic acids is 1. The van der Waals surface area contributed by atoms with Crippen LogP contribution >= 0.6 is 0 Å². The van der Waals surface area contributed by atoms with Crippen molar-refractivity contribution in [1.29, 1.82) is 0 Å². The first-order valence-corrected chi connectivity index (χ1v) is 14.1. The third kappa shape index (κ3) is 5.53. The molecule has 3 unspecified atom stereocenters. The maximum absolute atomic E-state index is 11.3. The molecule has 5 nitrogen and oxygen atoms in total. The number of allylic oxidation sites excluding steroid dienone is 1. The van der Waals surface area contributed by atoms with Gasteiger partial charge in [-0.05, 0) is 123 Å². The molecular formula is C35H40O5. The summed E-state index contributed by atoms with van der Waals surface area (Å²) in [5, 5.41) is 9.27. The molecular weight excluding hydrogens is 500 g/mol. The summed E-state index contributed by atoms with van der Waals surface area (Å²) in [6, 6.07) is 16.6. The van der Waals surface area contributed by atoms with Crippen LogP contribution in [0.4, 0.5) is 0 Å². The van der Waals surface area contributed by atoms with Crippen molar-refractivity contribution in [3.05, 3.63) is 88.5 Å². The van der Waals surface area contributed by atoms with E-state index in [0.717, 1.165) is 41.0 Å². The minimum atomic E-state index is -0.710. The fraction of sp³-hybridized carbons (Fsp3) is 0.400. The molecule has 0 saturated heterocycles. The molecule has 0 aromatic heterocycles. The fourth-order valence-electron chi connectivity index (χ4n) is 5.99. The van der Waals surface area contributed by atoms with Crippen molar-refractivity contribution in [2.45, 2.75) is 71.5 Å². The van der Waals surface area contributed by atoms with Gasteiger partial charge in [0.2, 0.25) is 0 Å². The van der Waals surface area contributed by atoms with Gasteiger partial charge in [0.25, 0.3) is 0 Å². The quantitative estimate of drug-likeness (QED) is 0.282. The third-order valence-electron chi connectivity index (χ3n) is 8.40. The van der Waals surface area contributed by atoms with Gasteiger partial charge in [-0.25, -0.2) is 0 Å². The first-order valence-electron chi connectivity index (χ1n) is 14.1. The highest BCUT2D eigenvalue weighted by Crippen LogP contribution is 2.49. The van der Waals surface area contributed by atoms with E-state index in [0.29, 0.717) is 13.0 Å². The van der Waals surface area contributed by atoms with E-state index in [1.54, 1.807) is 7.11 Å². The lowest BCUT2D eigenvalue weighted by atomic mass is 9.87. The molecule has 40 heavy (non-hydrogen) atoms. The Morgan fingerprint density at radius 2 is 1.73 bits per heavy atom. The Hall–Kier alpha value is -3.57. The molecule has 0 amide bonds. The van der Waals surface area contributed by atoms with Crippen LogP contribution in [0.2, 0.25) is 0 Å². The zero-order chi connectivity index (χ0) is 28.8. The molecule has 210 valence electrons. The molecule has 0 aliphatic heterocycles. The van der Waals surface area contributed by atoms with Gasteiger partial charge in [0.05, 0.1) is 11.5 Å². The summed E-state index contributed by atoms with van der Waals surface area (Å²) >= 11 is 0. The lowest BCUT2D eigenvalue weighted by Gasteiger charge is -2.24. The maximum atomic E-state index is 11.3. The lowest BCUT2D eigenvalue weighted by molar-refractivity contribution is -0.138. The van der Waals surface area contributed by atoms with Gasteiger partial charge in [-0.3, -0.25) is 4.79 Å². The average molecular weight is 541 g/mol.